The van der Waals surface area contributed by atoms with Crippen molar-refractivity contribution >= 4 is 15.9 Å². The summed E-state index contributed by atoms with van der Waals surface area (Å²) in [6, 6.07) is 6.36. The van der Waals surface area contributed by atoms with Gasteiger partial charge in [-0.1, -0.05) is 24.6 Å². The van der Waals surface area contributed by atoms with Gasteiger partial charge in [-0.25, -0.2) is 8.42 Å². The fraction of sp³-hybridized carbons (Fsp3) is 0.500. The summed E-state index contributed by atoms with van der Waals surface area (Å²) in [5.74, 6) is -0.170. The average Bonchev–Trinajstić information content (AvgIpc) is 2.59. The smallest absolute Gasteiger partial charge is 0.254 e. The Morgan fingerprint density at radius 3 is 2.50 bits per heavy atom. The maximum Gasteiger partial charge on any atom is 0.254 e. The van der Waals surface area contributed by atoms with Crippen molar-refractivity contribution in [2.24, 2.45) is 0 Å². The van der Waals surface area contributed by atoms with Crippen LogP contribution in [-0.4, -0.2) is 49.7 Å². The Labute approximate surface area is 145 Å². The average molecular weight is 350 g/mol. The minimum absolute atomic E-state index is 0.170. The van der Waals surface area contributed by atoms with Crippen molar-refractivity contribution < 1.29 is 13.2 Å². The molecule has 1 aliphatic rings. The highest BCUT2D eigenvalue weighted by atomic mass is 32.2. The van der Waals surface area contributed by atoms with E-state index in [1.165, 1.54) is 10.4 Å². The van der Waals surface area contributed by atoms with E-state index in [2.05, 4.69) is 6.58 Å². The second-order valence-corrected chi connectivity index (χ2v) is 8.21. The predicted molar refractivity (Wildman–Crippen MR) is 95.4 cm³/mol. The number of hydrogen-bond donors (Lipinski definition) is 0. The molecule has 0 saturated carbocycles. The summed E-state index contributed by atoms with van der Waals surface area (Å²) in [4.78, 5) is 14.5. The molecule has 0 N–H and O–H groups in total. The predicted octanol–water partition coefficient (Wildman–Crippen LogP) is 2.90. The van der Waals surface area contributed by atoms with Crippen molar-refractivity contribution in [3.63, 3.8) is 0 Å². The number of amides is 1. The highest BCUT2D eigenvalue weighted by molar-refractivity contribution is 7.89. The summed E-state index contributed by atoms with van der Waals surface area (Å²) in [6.07, 6.45) is 2.84. The summed E-state index contributed by atoms with van der Waals surface area (Å²) in [7, 11) is -3.53. The van der Waals surface area contributed by atoms with Crippen molar-refractivity contribution in [2.75, 3.05) is 26.2 Å². The summed E-state index contributed by atoms with van der Waals surface area (Å²) in [6.45, 7) is 9.73. The fourth-order valence-corrected chi connectivity index (χ4v) is 4.44. The molecule has 0 aromatic heterocycles. The normalized spacial score (nSPS) is 15.9. The molecule has 1 aromatic rings. The van der Waals surface area contributed by atoms with E-state index in [0.29, 0.717) is 31.7 Å². The third-order valence-corrected chi connectivity index (χ3v) is 6.06. The molecule has 1 saturated heterocycles. The van der Waals surface area contributed by atoms with Crippen LogP contribution in [0.3, 0.4) is 0 Å². The van der Waals surface area contributed by atoms with E-state index in [-0.39, 0.29) is 10.8 Å². The maximum atomic E-state index is 12.8. The van der Waals surface area contributed by atoms with E-state index in [0.717, 1.165) is 24.8 Å². The standard InChI is InChI=1S/C18H26N2O3S/c1-4-19(14-15(2)3)18(21)16-9-8-10-17(13-16)24(22,23)20-11-6-5-7-12-20/h8-10,13H,2,4-7,11-12,14H2,1,3H3. The van der Waals surface area contributed by atoms with Crippen LogP contribution >= 0.6 is 0 Å². The van der Waals surface area contributed by atoms with E-state index in [1.807, 2.05) is 13.8 Å². The van der Waals surface area contributed by atoms with Crippen LogP contribution in [0.5, 0.6) is 0 Å². The number of carbonyl (C=O) groups is 1. The third kappa shape index (κ3) is 4.24. The highest BCUT2D eigenvalue weighted by Crippen LogP contribution is 2.22. The minimum Gasteiger partial charge on any atom is -0.335 e. The molecule has 0 bridgehead atoms. The molecule has 24 heavy (non-hydrogen) atoms. The van der Waals surface area contributed by atoms with Gasteiger partial charge in [0.2, 0.25) is 10.0 Å². The zero-order valence-corrected chi connectivity index (χ0v) is 15.3. The molecule has 5 nitrogen and oxygen atoms in total. The van der Waals surface area contributed by atoms with Crippen LogP contribution in [0.15, 0.2) is 41.3 Å². The van der Waals surface area contributed by atoms with Gasteiger partial charge >= 0.3 is 0 Å². The van der Waals surface area contributed by atoms with E-state index >= 15 is 0 Å². The SMILES string of the molecule is C=C(C)CN(CC)C(=O)c1cccc(S(=O)(=O)N2CCCCC2)c1. The Kier molecular flexibility index (Phi) is 6.18. The molecule has 1 fully saturated rings. The zero-order valence-electron chi connectivity index (χ0n) is 14.5. The van der Waals surface area contributed by atoms with Crippen LogP contribution in [0.2, 0.25) is 0 Å². The van der Waals surface area contributed by atoms with Crippen molar-refractivity contribution in [1.82, 2.24) is 9.21 Å². The van der Waals surface area contributed by atoms with E-state index in [1.54, 1.807) is 23.1 Å². The number of piperidine rings is 1. The Morgan fingerprint density at radius 2 is 1.92 bits per heavy atom. The second-order valence-electron chi connectivity index (χ2n) is 6.27. The van der Waals surface area contributed by atoms with E-state index < -0.39 is 10.0 Å². The first-order chi connectivity index (χ1) is 11.4. The second kappa shape index (κ2) is 7.94. The molecule has 1 aliphatic heterocycles. The van der Waals surface area contributed by atoms with Gasteiger partial charge in [-0.05, 0) is 44.9 Å². The lowest BCUT2D eigenvalue weighted by Gasteiger charge is -2.26. The number of sulfonamides is 1. The molecule has 0 atom stereocenters. The molecule has 0 radical (unpaired) electrons. The van der Waals surface area contributed by atoms with Gasteiger partial charge < -0.3 is 4.90 Å². The van der Waals surface area contributed by atoms with Crippen LogP contribution in [0.4, 0.5) is 0 Å². The first kappa shape index (κ1) is 18.7. The molecule has 132 valence electrons. The maximum absolute atomic E-state index is 12.8. The Balaban J connectivity index is 2.27. The van der Waals surface area contributed by atoms with Crippen LogP contribution in [-0.2, 0) is 10.0 Å². The van der Waals surface area contributed by atoms with E-state index in [9.17, 15) is 13.2 Å². The van der Waals surface area contributed by atoms with Gasteiger partial charge in [0.1, 0.15) is 0 Å². The number of hydrogen-bond acceptors (Lipinski definition) is 3. The van der Waals surface area contributed by atoms with Gasteiger partial charge in [-0.2, -0.15) is 4.31 Å². The number of carbonyl (C=O) groups excluding carboxylic acids is 1. The fourth-order valence-electron chi connectivity index (χ4n) is 2.88. The largest absolute Gasteiger partial charge is 0.335 e. The number of rotatable bonds is 6. The van der Waals surface area contributed by atoms with Gasteiger partial charge in [0.25, 0.3) is 5.91 Å². The van der Waals surface area contributed by atoms with Crippen molar-refractivity contribution in [1.29, 1.82) is 0 Å². The highest BCUT2D eigenvalue weighted by Gasteiger charge is 2.27. The van der Waals surface area contributed by atoms with Crippen molar-refractivity contribution in [3.05, 3.63) is 42.0 Å². The van der Waals surface area contributed by atoms with Crippen LogP contribution in [0.25, 0.3) is 0 Å². The first-order valence-corrected chi connectivity index (χ1v) is 9.84. The molecular formula is C18H26N2O3S. The van der Waals surface area contributed by atoms with Crippen LogP contribution < -0.4 is 0 Å². The lowest BCUT2D eigenvalue weighted by Crippen LogP contribution is -2.36. The van der Waals surface area contributed by atoms with Gasteiger partial charge in [0.15, 0.2) is 0 Å². The molecule has 0 aliphatic carbocycles. The lowest BCUT2D eigenvalue weighted by atomic mass is 10.2. The van der Waals surface area contributed by atoms with Gasteiger partial charge in [0.05, 0.1) is 4.90 Å². The minimum atomic E-state index is -3.53. The molecule has 1 heterocycles. The zero-order chi connectivity index (χ0) is 17.7. The molecule has 6 heteroatoms. The monoisotopic (exact) mass is 350 g/mol. The summed E-state index contributed by atoms with van der Waals surface area (Å²) < 4.78 is 27.1. The van der Waals surface area contributed by atoms with Gasteiger partial charge in [-0.3, -0.25) is 4.79 Å². The van der Waals surface area contributed by atoms with Crippen molar-refractivity contribution in [2.45, 2.75) is 38.0 Å². The van der Waals surface area contributed by atoms with Crippen LogP contribution in [0, 0.1) is 0 Å². The molecule has 2 rings (SSSR count). The van der Waals surface area contributed by atoms with Crippen molar-refractivity contribution in [3.8, 4) is 0 Å². The molecule has 1 amide bonds. The lowest BCUT2D eigenvalue weighted by molar-refractivity contribution is 0.0778. The Hall–Kier alpha value is -1.66. The number of likely N-dealkylation sites (N-methyl/N-ethyl adjacent to an activating group) is 1. The first-order valence-electron chi connectivity index (χ1n) is 8.40. The quantitative estimate of drug-likeness (QED) is 0.741. The number of benzene rings is 1. The molecule has 0 spiro atoms. The number of nitrogens with zero attached hydrogens (tertiary/aromatic N) is 2. The van der Waals surface area contributed by atoms with Crippen LogP contribution in [0.1, 0.15) is 43.5 Å². The van der Waals surface area contributed by atoms with Gasteiger partial charge in [0, 0.05) is 31.7 Å². The topological polar surface area (TPSA) is 57.7 Å². The molecule has 0 unspecified atom stereocenters. The Bertz CT molecular complexity index is 707. The summed E-state index contributed by atoms with van der Waals surface area (Å²) in [5.41, 5.74) is 1.29. The van der Waals surface area contributed by atoms with Gasteiger partial charge in [-0.15, -0.1) is 0 Å². The summed E-state index contributed by atoms with van der Waals surface area (Å²) >= 11 is 0. The van der Waals surface area contributed by atoms with E-state index in [4.69, 9.17) is 0 Å². The molecular weight excluding hydrogens is 324 g/mol. The molecule has 1 aromatic carbocycles. The summed E-state index contributed by atoms with van der Waals surface area (Å²) in [5, 5.41) is 0. The third-order valence-electron chi connectivity index (χ3n) is 4.16. The Morgan fingerprint density at radius 1 is 1.25 bits per heavy atom.